The maximum absolute atomic E-state index is 11.9. The lowest BCUT2D eigenvalue weighted by atomic mass is 10.2. The quantitative estimate of drug-likeness (QED) is 0.238. The zero-order valence-corrected chi connectivity index (χ0v) is 17.1. The van der Waals surface area contributed by atoms with Gasteiger partial charge in [0.15, 0.2) is 5.96 Å². The number of aliphatic imine (C=N–C) groups is 1. The van der Waals surface area contributed by atoms with E-state index in [0.717, 1.165) is 43.6 Å². The van der Waals surface area contributed by atoms with E-state index in [1.165, 1.54) is 12.8 Å². The molecule has 0 atom stereocenters. The van der Waals surface area contributed by atoms with E-state index in [9.17, 15) is 4.79 Å². The third-order valence-corrected chi connectivity index (χ3v) is 3.80. The largest absolute Gasteiger partial charge is 0.357 e. The van der Waals surface area contributed by atoms with Gasteiger partial charge in [0.2, 0.25) is 5.91 Å². The van der Waals surface area contributed by atoms with Gasteiger partial charge in [-0.1, -0.05) is 11.6 Å². The van der Waals surface area contributed by atoms with Crippen LogP contribution in [0.4, 0.5) is 5.69 Å². The van der Waals surface area contributed by atoms with Crippen molar-refractivity contribution in [2.45, 2.75) is 32.6 Å². The van der Waals surface area contributed by atoms with E-state index < -0.39 is 0 Å². The molecular formula is C17H26ClIN4O. The third-order valence-electron chi connectivity index (χ3n) is 3.55. The molecular weight excluding hydrogens is 439 g/mol. The van der Waals surface area contributed by atoms with E-state index >= 15 is 0 Å². The summed E-state index contributed by atoms with van der Waals surface area (Å²) in [6.07, 6.45) is 3.83. The summed E-state index contributed by atoms with van der Waals surface area (Å²) in [4.78, 5) is 16.4. The second-order valence-corrected chi connectivity index (χ2v) is 6.18. The van der Waals surface area contributed by atoms with Crippen molar-refractivity contribution >= 4 is 53.1 Å². The number of benzene rings is 1. The fourth-order valence-electron chi connectivity index (χ4n) is 2.08. The Morgan fingerprint density at radius 3 is 2.58 bits per heavy atom. The Hall–Kier alpha value is -1.02. The number of nitrogens with one attached hydrogen (secondary N) is 3. The Balaban J connectivity index is 0.00000288. The first-order valence-electron chi connectivity index (χ1n) is 8.25. The minimum absolute atomic E-state index is 0. The van der Waals surface area contributed by atoms with Crippen molar-refractivity contribution in [3.8, 4) is 0 Å². The summed E-state index contributed by atoms with van der Waals surface area (Å²) < 4.78 is 0. The van der Waals surface area contributed by atoms with Crippen LogP contribution in [0.25, 0.3) is 0 Å². The van der Waals surface area contributed by atoms with Gasteiger partial charge >= 0.3 is 0 Å². The first-order chi connectivity index (χ1) is 11.2. The molecule has 1 fully saturated rings. The van der Waals surface area contributed by atoms with E-state index in [2.05, 4.69) is 20.9 Å². The molecule has 2 rings (SSSR count). The van der Waals surface area contributed by atoms with Gasteiger partial charge in [-0.05, 0) is 56.4 Å². The summed E-state index contributed by atoms with van der Waals surface area (Å²) in [6, 6.07) is 7.12. The van der Waals surface area contributed by atoms with Crippen LogP contribution in [0.15, 0.2) is 29.3 Å². The summed E-state index contributed by atoms with van der Waals surface area (Å²) in [6.45, 7) is 4.51. The van der Waals surface area contributed by atoms with Crippen LogP contribution in [0.5, 0.6) is 0 Å². The van der Waals surface area contributed by atoms with E-state index in [0.29, 0.717) is 11.4 Å². The van der Waals surface area contributed by atoms with E-state index in [1.807, 2.05) is 6.92 Å². The molecule has 0 aliphatic heterocycles. The van der Waals surface area contributed by atoms with Crippen LogP contribution in [0.3, 0.4) is 0 Å². The second-order valence-electron chi connectivity index (χ2n) is 5.75. The smallest absolute Gasteiger partial charge is 0.224 e. The van der Waals surface area contributed by atoms with Crippen molar-refractivity contribution in [1.29, 1.82) is 0 Å². The lowest BCUT2D eigenvalue weighted by Crippen LogP contribution is -2.38. The summed E-state index contributed by atoms with van der Waals surface area (Å²) in [5.74, 6) is 1.63. The van der Waals surface area contributed by atoms with Gasteiger partial charge in [-0.3, -0.25) is 9.79 Å². The molecule has 0 unspecified atom stereocenters. The molecule has 1 amide bonds. The molecule has 3 N–H and O–H groups in total. The molecule has 1 saturated carbocycles. The molecule has 0 spiro atoms. The Bertz CT molecular complexity index is 532. The highest BCUT2D eigenvalue weighted by Crippen LogP contribution is 2.28. The minimum Gasteiger partial charge on any atom is -0.357 e. The molecule has 1 aromatic rings. The van der Waals surface area contributed by atoms with Crippen molar-refractivity contribution in [3.05, 3.63) is 29.3 Å². The number of halogens is 2. The Morgan fingerprint density at radius 2 is 1.96 bits per heavy atom. The van der Waals surface area contributed by atoms with Crippen molar-refractivity contribution in [1.82, 2.24) is 10.6 Å². The predicted molar refractivity (Wildman–Crippen MR) is 111 cm³/mol. The average Bonchev–Trinajstić information content (AvgIpc) is 3.35. The molecule has 0 aromatic heterocycles. The number of rotatable bonds is 8. The molecule has 134 valence electrons. The molecule has 0 heterocycles. The number of carbonyl (C=O) groups excluding carboxylic acids is 1. The highest BCUT2D eigenvalue weighted by Gasteiger charge is 2.20. The standard InChI is InChI=1S/C17H25ClN4O.HI/c1-2-19-17(21-12-13-5-6-13)20-11-3-4-16(23)22-15-9-7-14(18)8-10-15;/h7-10,13H,2-6,11-12H2,1H3,(H,22,23)(H2,19,20,21);1H. The lowest BCUT2D eigenvalue weighted by molar-refractivity contribution is -0.116. The second kappa shape index (κ2) is 11.5. The summed E-state index contributed by atoms with van der Waals surface area (Å²) in [5.41, 5.74) is 0.770. The average molecular weight is 465 g/mol. The first-order valence-corrected chi connectivity index (χ1v) is 8.62. The van der Waals surface area contributed by atoms with E-state index in [1.54, 1.807) is 24.3 Å². The molecule has 0 radical (unpaired) electrons. The highest BCUT2D eigenvalue weighted by molar-refractivity contribution is 14.0. The van der Waals surface area contributed by atoms with Gasteiger partial charge in [-0.2, -0.15) is 0 Å². The SMILES string of the molecule is CCNC(=NCC1CC1)NCCCC(=O)Nc1ccc(Cl)cc1.I. The topological polar surface area (TPSA) is 65.5 Å². The van der Waals surface area contributed by atoms with Crippen molar-refractivity contribution in [3.63, 3.8) is 0 Å². The fraction of sp³-hybridized carbons (Fsp3) is 0.529. The van der Waals surface area contributed by atoms with Crippen molar-refractivity contribution < 1.29 is 4.79 Å². The van der Waals surface area contributed by atoms with Crippen LogP contribution >= 0.6 is 35.6 Å². The van der Waals surface area contributed by atoms with E-state index in [-0.39, 0.29) is 29.9 Å². The number of anilines is 1. The molecule has 0 saturated heterocycles. The van der Waals surface area contributed by atoms with Crippen LogP contribution in [-0.2, 0) is 4.79 Å². The lowest BCUT2D eigenvalue weighted by Gasteiger charge is -2.11. The number of nitrogens with zero attached hydrogens (tertiary/aromatic N) is 1. The maximum atomic E-state index is 11.9. The number of carbonyl (C=O) groups is 1. The maximum Gasteiger partial charge on any atom is 0.224 e. The fourth-order valence-corrected chi connectivity index (χ4v) is 2.20. The highest BCUT2D eigenvalue weighted by atomic mass is 127. The molecule has 5 nitrogen and oxygen atoms in total. The van der Waals surface area contributed by atoms with Crippen molar-refractivity contribution in [2.75, 3.05) is 25.0 Å². The summed E-state index contributed by atoms with van der Waals surface area (Å²) >= 11 is 5.82. The van der Waals surface area contributed by atoms with Gasteiger partial charge in [-0.15, -0.1) is 24.0 Å². The molecule has 0 bridgehead atoms. The normalized spacial score (nSPS) is 13.8. The molecule has 24 heavy (non-hydrogen) atoms. The molecule has 7 heteroatoms. The van der Waals surface area contributed by atoms with Gasteiger partial charge in [-0.25, -0.2) is 0 Å². The predicted octanol–water partition coefficient (Wildman–Crippen LogP) is 3.64. The Kier molecular flexibility index (Phi) is 10.1. The Labute approximate surface area is 166 Å². The van der Waals surface area contributed by atoms with Crippen LogP contribution in [0, 0.1) is 5.92 Å². The summed E-state index contributed by atoms with van der Waals surface area (Å²) in [7, 11) is 0. The zero-order chi connectivity index (χ0) is 16.5. The van der Waals surface area contributed by atoms with Gasteiger partial charge in [0, 0.05) is 36.8 Å². The van der Waals surface area contributed by atoms with Crippen LogP contribution in [0.1, 0.15) is 32.6 Å². The monoisotopic (exact) mass is 464 g/mol. The minimum atomic E-state index is 0. The molecule has 1 aliphatic rings. The van der Waals surface area contributed by atoms with Gasteiger partial charge in [0.25, 0.3) is 0 Å². The summed E-state index contributed by atoms with van der Waals surface area (Å²) in [5, 5.41) is 10.0. The molecule has 1 aliphatic carbocycles. The van der Waals surface area contributed by atoms with Crippen LogP contribution in [0.2, 0.25) is 5.02 Å². The zero-order valence-electron chi connectivity index (χ0n) is 14.0. The molecule has 1 aromatic carbocycles. The van der Waals surface area contributed by atoms with Gasteiger partial charge in [0.1, 0.15) is 0 Å². The van der Waals surface area contributed by atoms with E-state index in [4.69, 9.17) is 11.6 Å². The number of hydrogen-bond acceptors (Lipinski definition) is 2. The number of hydrogen-bond donors (Lipinski definition) is 3. The first kappa shape index (κ1) is 21.0. The van der Waals surface area contributed by atoms with Crippen LogP contribution < -0.4 is 16.0 Å². The Morgan fingerprint density at radius 1 is 1.25 bits per heavy atom. The number of amides is 1. The van der Waals surface area contributed by atoms with Gasteiger partial charge in [0.05, 0.1) is 0 Å². The third kappa shape index (κ3) is 8.73. The number of guanidine groups is 1. The van der Waals surface area contributed by atoms with Gasteiger partial charge < -0.3 is 16.0 Å². The van der Waals surface area contributed by atoms with Crippen LogP contribution in [-0.4, -0.2) is 31.5 Å². The van der Waals surface area contributed by atoms with Crippen molar-refractivity contribution in [2.24, 2.45) is 10.9 Å².